The van der Waals surface area contributed by atoms with Crippen molar-refractivity contribution in [3.05, 3.63) is 71.8 Å². The normalized spacial score (nSPS) is 11.7. The van der Waals surface area contributed by atoms with Crippen molar-refractivity contribution in [2.75, 3.05) is 0 Å². The van der Waals surface area contributed by atoms with Crippen LogP contribution in [0.25, 0.3) is 33.7 Å². The van der Waals surface area contributed by atoms with Gasteiger partial charge in [0, 0.05) is 12.2 Å². The van der Waals surface area contributed by atoms with Crippen molar-refractivity contribution in [1.29, 1.82) is 0 Å². The van der Waals surface area contributed by atoms with Gasteiger partial charge in [0.2, 0.25) is 0 Å². The quantitative estimate of drug-likeness (QED) is 0.559. The lowest BCUT2D eigenvalue weighted by molar-refractivity contribution is -0.132. The first-order valence-electron chi connectivity index (χ1n) is 7.32. The van der Waals surface area contributed by atoms with Crippen molar-refractivity contribution < 1.29 is 19.8 Å². The standard InChI is InChI=1S/C20H14O4/c21-19(22)9-7-13-5-6-14(8-10-20(23)24)18-12-16-4-2-1-3-15(16)11-17(13)18/h1-12H,(H,21,22)(H,23,24)/b9-7+,10-8+. The summed E-state index contributed by atoms with van der Waals surface area (Å²) in [4.78, 5) is 21.6. The van der Waals surface area contributed by atoms with Crippen LogP contribution in [0, 0.1) is 0 Å². The second-order valence-electron chi connectivity index (χ2n) is 5.33. The molecule has 0 unspecified atom stereocenters. The predicted octanol–water partition coefficient (Wildman–Crippen LogP) is 4.19. The Bertz CT molecular complexity index is 931. The van der Waals surface area contributed by atoms with Crippen molar-refractivity contribution in [2.45, 2.75) is 0 Å². The highest BCUT2D eigenvalue weighted by molar-refractivity contribution is 6.06. The molecular weight excluding hydrogens is 304 g/mol. The molecule has 3 aromatic carbocycles. The van der Waals surface area contributed by atoms with Crippen LogP contribution in [0.4, 0.5) is 0 Å². The topological polar surface area (TPSA) is 74.6 Å². The molecule has 0 saturated carbocycles. The van der Waals surface area contributed by atoms with Crippen molar-refractivity contribution in [3.63, 3.8) is 0 Å². The molecule has 0 amide bonds. The number of carboxylic acids is 2. The fourth-order valence-electron chi connectivity index (χ4n) is 2.69. The number of hydrogen-bond acceptors (Lipinski definition) is 2. The first kappa shape index (κ1) is 15.5. The lowest BCUT2D eigenvalue weighted by Crippen LogP contribution is -1.89. The van der Waals surface area contributed by atoms with Gasteiger partial charge in [-0.25, -0.2) is 9.59 Å². The smallest absolute Gasteiger partial charge is 0.328 e. The summed E-state index contributed by atoms with van der Waals surface area (Å²) in [5, 5.41) is 21.5. The van der Waals surface area contributed by atoms with E-state index in [1.807, 2.05) is 36.4 Å². The Morgan fingerprint density at radius 3 is 1.50 bits per heavy atom. The first-order valence-corrected chi connectivity index (χ1v) is 7.32. The lowest BCUT2D eigenvalue weighted by Gasteiger charge is -2.09. The highest BCUT2D eigenvalue weighted by atomic mass is 16.4. The third-order valence-electron chi connectivity index (χ3n) is 3.76. The van der Waals surface area contributed by atoms with Crippen LogP contribution in [0.2, 0.25) is 0 Å². The molecule has 118 valence electrons. The van der Waals surface area contributed by atoms with Gasteiger partial charge in [0.15, 0.2) is 0 Å². The second-order valence-corrected chi connectivity index (χ2v) is 5.33. The van der Waals surface area contributed by atoms with Crippen molar-refractivity contribution in [1.82, 2.24) is 0 Å². The lowest BCUT2D eigenvalue weighted by atomic mass is 9.95. The summed E-state index contributed by atoms with van der Waals surface area (Å²) < 4.78 is 0. The fraction of sp³-hybridized carbons (Fsp3) is 0. The van der Waals surface area contributed by atoms with Crippen LogP contribution in [0.3, 0.4) is 0 Å². The third kappa shape index (κ3) is 3.17. The average molecular weight is 318 g/mol. The minimum absolute atomic E-state index is 0.769. The number of benzene rings is 3. The maximum Gasteiger partial charge on any atom is 0.328 e. The van der Waals surface area contributed by atoms with Gasteiger partial charge in [-0.3, -0.25) is 0 Å². The molecular formula is C20H14O4. The zero-order valence-electron chi connectivity index (χ0n) is 12.6. The minimum atomic E-state index is -1.02. The van der Waals surface area contributed by atoms with Gasteiger partial charge < -0.3 is 10.2 Å². The molecule has 24 heavy (non-hydrogen) atoms. The molecule has 0 aromatic heterocycles. The molecule has 0 aliphatic rings. The Kier molecular flexibility index (Phi) is 4.12. The van der Waals surface area contributed by atoms with Crippen LogP contribution >= 0.6 is 0 Å². The largest absolute Gasteiger partial charge is 0.478 e. The maximum atomic E-state index is 10.8. The summed E-state index contributed by atoms with van der Waals surface area (Å²) in [6.07, 6.45) is 5.28. The van der Waals surface area contributed by atoms with E-state index in [9.17, 15) is 9.59 Å². The Morgan fingerprint density at radius 2 is 1.12 bits per heavy atom. The number of carboxylic acid groups (broad SMARTS) is 2. The molecule has 0 radical (unpaired) electrons. The van der Waals surface area contributed by atoms with E-state index in [4.69, 9.17) is 10.2 Å². The zero-order chi connectivity index (χ0) is 17.1. The van der Waals surface area contributed by atoms with Gasteiger partial charge >= 0.3 is 11.9 Å². The van der Waals surface area contributed by atoms with Crippen LogP contribution in [0.15, 0.2) is 60.7 Å². The van der Waals surface area contributed by atoms with Gasteiger partial charge in [0.25, 0.3) is 0 Å². The van der Waals surface area contributed by atoms with Gasteiger partial charge in [-0.1, -0.05) is 36.4 Å². The van der Waals surface area contributed by atoms with E-state index in [0.717, 1.165) is 44.8 Å². The molecule has 0 spiro atoms. The number of hydrogen-bond donors (Lipinski definition) is 2. The van der Waals surface area contributed by atoms with Crippen LogP contribution in [0.1, 0.15) is 11.1 Å². The Labute approximate surface area is 138 Å². The van der Waals surface area contributed by atoms with Crippen molar-refractivity contribution in [3.8, 4) is 0 Å². The van der Waals surface area contributed by atoms with Gasteiger partial charge in [0.1, 0.15) is 0 Å². The molecule has 0 bridgehead atoms. The van der Waals surface area contributed by atoms with Crippen LogP contribution < -0.4 is 0 Å². The molecule has 0 heterocycles. The molecule has 4 heteroatoms. The van der Waals surface area contributed by atoms with Crippen molar-refractivity contribution >= 4 is 45.6 Å². The molecule has 0 aliphatic heterocycles. The second kappa shape index (κ2) is 6.38. The molecule has 0 saturated heterocycles. The van der Waals surface area contributed by atoms with Crippen LogP contribution in [0.5, 0.6) is 0 Å². The van der Waals surface area contributed by atoms with Gasteiger partial charge in [-0.15, -0.1) is 0 Å². The van der Waals surface area contributed by atoms with E-state index in [0.29, 0.717) is 0 Å². The summed E-state index contributed by atoms with van der Waals surface area (Å²) in [6, 6.07) is 15.4. The Morgan fingerprint density at radius 1 is 0.708 bits per heavy atom. The average Bonchev–Trinajstić information content (AvgIpc) is 2.56. The summed E-state index contributed by atoms with van der Waals surface area (Å²) in [6.45, 7) is 0. The monoisotopic (exact) mass is 318 g/mol. The first-order chi connectivity index (χ1) is 11.5. The van der Waals surface area contributed by atoms with Crippen LogP contribution in [-0.2, 0) is 9.59 Å². The summed E-state index contributed by atoms with van der Waals surface area (Å²) in [7, 11) is 0. The minimum Gasteiger partial charge on any atom is -0.478 e. The third-order valence-corrected chi connectivity index (χ3v) is 3.76. The van der Waals surface area contributed by atoms with Gasteiger partial charge in [0.05, 0.1) is 0 Å². The van der Waals surface area contributed by atoms with E-state index < -0.39 is 11.9 Å². The number of carbonyl (C=O) groups is 2. The van der Waals surface area contributed by atoms with Crippen molar-refractivity contribution in [2.24, 2.45) is 0 Å². The molecule has 2 N–H and O–H groups in total. The van der Waals surface area contributed by atoms with E-state index in [2.05, 4.69) is 0 Å². The number of aliphatic carboxylic acids is 2. The fourth-order valence-corrected chi connectivity index (χ4v) is 2.69. The highest BCUT2D eigenvalue weighted by Crippen LogP contribution is 2.29. The zero-order valence-corrected chi connectivity index (χ0v) is 12.6. The van der Waals surface area contributed by atoms with Gasteiger partial charge in [-0.2, -0.15) is 0 Å². The Balaban J connectivity index is 2.31. The summed E-state index contributed by atoms with van der Waals surface area (Å²) in [5.41, 5.74) is 1.54. The van der Waals surface area contributed by atoms with E-state index in [1.165, 1.54) is 0 Å². The SMILES string of the molecule is O=C(O)/C=C/c1ccc(/C=C/C(=O)O)c2cc3ccccc3cc12. The number of fused-ring (bicyclic) bond motifs is 2. The molecule has 3 rings (SSSR count). The number of rotatable bonds is 4. The van der Waals surface area contributed by atoms with E-state index >= 15 is 0 Å². The summed E-state index contributed by atoms with van der Waals surface area (Å²) >= 11 is 0. The molecule has 3 aromatic rings. The molecule has 0 atom stereocenters. The van der Waals surface area contributed by atoms with Gasteiger partial charge in [-0.05, 0) is 57.0 Å². The summed E-state index contributed by atoms with van der Waals surface area (Å²) in [5.74, 6) is -2.03. The Hall–Kier alpha value is -3.40. The predicted molar refractivity (Wildman–Crippen MR) is 94.8 cm³/mol. The molecule has 0 aliphatic carbocycles. The van der Waals surface area contributed by atoms with E-state index in [-0.39, 0.29) is 0 Å². The maximum absolute atomic E-state index is 10.8. The van der Waals surface area contributed by atoms with E-state index in [1.54, 1.807) is 24.3 Å². The molecule has 0 fully saturated rings. The van der Waals surface area contributed by atoms with Crippen LogP contribution in [-0.4, -0.2) is 22.2 Å². The molecule has 4 nitrogen and oxygen atoms in total. The highest BCUT2D eigenvalue weighted by Gasteiger charge is 2.06.